The Morgan fingerprint density at radius 3 is 2.65 bits per heavy atom. The summed E-state index contributed by atoms with van der Waals surface area (Å²) in [6, 6.07) is 5.55. The Morgan fingerprint density at radius 1 is 1.24 bits per heavy atom. The van der Waals surface area contributed by atoms with Gasteiger partial charge >= 0.3 is 0 Å². The van der Waals surface area contributed by atoms with Crippen LogP contribution in [-0.2, 0) is 6.61 Å². The van der Waals surface area contributed by atoms with E-state index in [4.69, 9.17) is 14.6 Å². The van der Waals surface area contributed by atoms with Crippen LogP contribution in [0.4, 0.5) is 0 Å². The van der Waals surface area contributed by atoms with Crippen molar-refractivity contribution in [2.45, 2.75) is 32.3 Å². The molecule has 1 aliphatic rings. The Morgan fingerprint density at radius 2 is 2.00 bits per heavy atom. The summed E-state index contributed by atoms with van der Waals surface area (Å²) in [5.74, 6) is 2.16. The second kappa shape index (κ2) is 5.92. The molecule has 2 rings (SSSR count). The average molecular weight is 236 g/mol. The topological polar surface area (TPSA) is 38.7 Å². The van der Waals surface area contributed by atoms with E-state index in [1.54, 1.807) is 7.11 Å². The minimum atomic E-state index is 0.0315. The fourth-order valence-corrected chi connectivity index (χ4v) is 2.32. The summed E-state index contributed by atoms with van der Waals surface area (Å²) in [5, 5.41) is 9.11. The summed E-state index contributed by atoms with van der Waals surface area (Å²) >= 11 is 0. The van der Waals surface area contributed by atoms with Gasteiger partial charge in [-0.15, -0.1) is 0 Å². The second-order valence-corrected chi connectivity index (χ2v) is 4.60. The van der Waals surface area contributed by atoms with Gasteiger partial charge in [-0.25, -0.2) is 0 Å². The number of hydrogen-bond acceptors (Lipinski definition) is 3. The van der Waals surface area contributed by atoms with Crippen molar-refractivity contribution in [1.29, 1.82) is 0 Å². The molecule has 1 aromatic carbocycles. The minimum absolute atomic E-state index is 0.0315. The molecule has 1 aromatic rings. The average Bonchev–Trinajstić information content (AvgIpc) is 2.89. The van der Waals surface area contributed by atoms with Gasteiger partial charge in [-0.05, 0) is 36.5 Å². The van der Waals surface area contributed by atoms with Gasteiger partial charge in [0.05, 0.1) is 20.3 Å². The van der Waals surface area contributed by atoms with E-state index in [1.165, 1.54) is 25.7 Å². The molecule has 1 saturated carbocycles. The Labute approximate surface area is 102 Å². The van der Waals surface area contributed by atoms with Gasteiger partial charge in [0.25, 0.3) is 0 Å². The van der Waals surface area contributed by atoms with Crippen LogP contribution in [0.25, 0.3) is 0 Å². The first-order valence-electron chi connectivity index (χ1n) is 6.24. The van der Waals surface area contributed by atoms with Gasteiger partial charge < -0.3 is 14.6 Å². The molecule has 1 N–H and O–H groups in total. The molecule has 0 spiro atoms. The SMILES string of the molecule is COc1ccc(CO)cc1OCC1CCCC1. The van der Waals surface area contributed by atoms with Crippen LogP contribution in [0.2, 0.25) is 0 Å². The van der Waals surface area contributed by atoms with E-state index < -0.39 is 0 Å². The van der Waals surface area contributed by atoms with E-state index in [9.17, 15) is 0 Å². The van der Waals surface area contributed by atoms with E-state index in [-0.39, 0.29) is 6.61 Å². The maximum atomic E-state index is 9.11. The number of ether oxygens (including phenoxy) is 2. The Kier molecular flexibility index (Phi) is 4.26. The molecular formula is C14H20O3. The van der Waals surface area contributed by atoms with E-state index in [2.05, 4.69) is 0 Å². The van der Waals surface area contributed by atoms with Gasteiger partial charge in [0, 0.05) is 0 Å². The standard InChI is InChI=1S/C14H20O3/c1-16-13-7-6-12(9-15)8-14(13)17-10-11-4-2-3-5-11/h6-8,11,15H,2-5,9-10H2,1H3. The van der Waals surface area contributed by atoms with E-state index in [0.717, 1.165) is 23.7 Å². The molecule has 0 saturated heterocycles. The van der Waals surface area contributed by atoms with Gasteiger partial charge in [0.15, 0.2) is 11.5 Å². The van der Waals surface area contributed by atoms with E-state index >= 15 is 0 Å². The summed E-state index contributed by atoms with van der Waals surface area (Å²) in [5.41, 5.74) is 0.854. The molecule has 0 heterocycles. The van der Waals surface area contributed by atoms with Crippen LogP contribution in [0.1, 0.15) is 31.2 Å². The first-order valence-corrected chi connectivity index (χ1v) is 6.24. The number of aliphatic hydroxyl groups is 1. The van der Waals surface area contributed by atoms with Crippen molar-refractivity contribution in [3.8, 4) is 11.5 Å². The molecule has 0 atom stereocenters. The monoisotopic (exact) mass is 236 g/mol. The van der Waals surface area contributed by atoms with Crippen LogP contribution in [0.15, 0.2) is 18.2 Å². The maximum absolute atomic E-state index is 9.11. The number of rotatable bonds is 5. The van der Waals surface area contributed by atoms with Crippen molar-refractivity contribution >= 4 is 0 Å². The summed E-state index contributed by atoms with van der Waals surface area (Å²) in [6.07, 6.45) is 5.17. The van der Waals surface area contributed by atoms with Crippen LogP contribution in [0.3, 0.4) is 0 Å². The lowest BCUT2D eigenvalue weighted by Crippen LogP contribution is -2.09. The lowest BCUT2D eigenvalue weighted by molar-refractivity contribution is 0.238. The van der Waals surface area contributed by atoms with Crippen molar-refractivity contribution in [3.63, 3.8) is 0 Å². The molecule has 1 aliphatic carbocycles. The zero-order valence-corrected chi connectivity index (χ0v) is 10.3. The molecular weight excluding hydrogens is 216 g/mol. The molecule has 0 radical (unpaired) electrons. The highest BCUT2D eigenvalue weighted by atomic mass is 16.5. The zero-order valence-electron chi connectivity index (χ0n) is 10.3. The number of hydrogen-bond donors (Lipinski definition) is 1. The predicted octanol–water partition coefficient (Wildman–Crippen LogP) is 2.76. The van der Waals surface area contributed by atoms with Crippen LogP contribution in [-0.4, -0.2) is 18.8 Å². The van der Waals surface area contributed by atoms with Crippen molar-refractivity contribution in [3.05, 3.63) is 23.8 Å². The first-order chi connectivity index (χ1) is 8.33. The third-order valence-electron chi connectivity index (χ3n) is 3.36. The quantitative estimate of drug-likeness (QED) is 0.854. The molecule has 0 amide bonds. The van der Waals surface area contributed by atoms with Gasteiger partial charge in [-0.3, -0.25) is 0 Å². The summed E-state index contributed by atoms with van der Waals surface area (Å²) in [6.45, 7) is 0.787. The fourth-order valence-electron chi connectivity index (χ4n) is 2.32. The van der Waals surface area contributed by atoms with Crippen molar-refractivity contribution in [2.24, 2.45) is 5.92 Å². The lowest BCUT2D eigenvalue weighted by Gasteiger charge is -2.14. The summed E-state index contributed by atoms with van der Waals surface area (Å²) in [4.78, 5) is 0. The highest BCUT2D eigenvalue weighted by molar-refractivity contribution is 5.42. The fraction of sp³-hybridized carbons (Fsp3) is 0.571. The van der Waals surface area contributed by atoms with Crippen molar-refractivity contribution in [2.75, 3.05) is 13.7 Å². The lowest BCUT2D eigenvalue weighted by atomic mass is 10.1. The highest BCUT2D eigenvalue weighted by Crippen LogP contribution is 2.31. The molecule has 17 heavy (non-hydrogen) atoms. The van der Waals surface area contributed by atoms with Gasteiger partial charge in [-0.2, -0.15) is 0 Å². The predicted molar refractivity (Wildman–Crippen MR) is 66.4 cm³/mol. The molecule has 0 aromatic heterocycles. The third-order valence-corrected chi connectivity index (χ3v) is 3.36. The van der Waals surface area contributed by atoms with Crippen molar-refractivity contribution < 1.29 is 14.6 Å². The molecule has 3 heteroatoms. The number of methoxy groups -OCH3 is 1. The third kappa shape index (κ3) is 3.13. The van der Waals surface area contributed by atoms with Gasteiger partial charge in [-0.1, -0.05) is 18.9 Å². The molecule has 94 valence electrons. The summed E-state index contributed by atoms with van der Waals surface area (Å²) in [7, 11) is 1.64. The largest absolute Gasteiger partial charge is 0.493 e. The maximum Gasteiger partial charge on any atom is 0.161 e. The van der Waals surface area contributed by atoms with Crippen LogP contribution < -0.4 is 9.47 Å². The van der Waals surface area contributed by atoms with Crippen LogP contribution in [0, 0.1) is 5.92 Å². The van der Waals surface area contributed by atoms with E-state index in [0.29, 0.717) is 5.92 Å². The molecule has 3 nitrogen and oxygen atoms in total. The van der Waals surface area contributed by atoms with Gasteiger partial charge in [0.1, 0.15) is 0 Å². The Hall–Kier alpha value is -1.22. The van der Waals surface area contributed by atoms with E-state index in [1.807, 2.05) is 18.2 Å². The zero-order chi connectivity index (χ0) is 12.1. The summed E-state index contributed by atoms with van der Waals surface area (Å²) < 4.78 is 11.1. The highest BCUT2D eigenvalue weighted by Gasteiger charge is 2.16. The molecule has 0 aliphatic heterocycles. The van der Waals surface area contributed by atoms with Gasteiger partial charge in [0.2, 0.25) is 0 Å². The molecule has 1 fully saturated rings. The smallest absolute Gasteiger partial charge is 0.161 e. The molecule has 0 bridgehead atoms. The Bertz CT molecular complexity index is 356. The van der Waals surface area contributed by atoms with Crippen molar-refractivity contribution in [1.82, 2.24) is 0 Å². The van der Waals surface area contributed by atoms with Crippen LogP contribution in [0.5, 0.6) is 11.5 Å². The molecule has 0 unspecified atom stereocenters. The Balaban J connectivity index is 2.01. The number of aliphatic hydroxyl groups excluding tert-OH is 1. The normalized spacial score (nSPS) is 16.1. The number of benzene rings is 1. The second-order valence-electron chi connectivity index (χ2n) is 4.60. The first kappa shape index (κ1) is 12.2. The minimum Gasteiger partial charge on any atom is -0.493 e. The van der Waals surface area contributed by atoms with Crippen LogP contribution >= 0.6 is 0 Å².